The molecule has 1 saturated heterocycles. The van der Waals surface area contributed by atoms with Crippen molar-refractivity contribution in [2.24, 2.45) is 11.8 Å². The lowest BCUT2D eigenvalue weighted by atomic mass is 9.90. The van der Waals surface area contributed by atoms with Gasteiger partial charge in [0.1, 0.15) is 30.1 Å². The predicted octanol–water partition coefficient (Wildman–Crippen LogP) is 4.98. The normalized spacial score (nSPS) is 22.7. The molecule has 1 heterocycles. The first-order chi connectivity index (χ1) is 25.3. The summed E-state index contributed by atoms with van der Waals surface area (Å²) in [6.45, 7) is -0.152. The Morgan fingerprint density at radius 3 is 2.42 bits per heavy atom. The Morgan fingerprint density at radius 2 is 1.71 bits per heavy atom. The molecule has 7 rings (SSSR count). The number of nitrogens with one attached hydrogen (secondary N) is 1. The van der Waals surface area contributed by atoms with Crippen molar-refractivity contribution in [3.05, 3.63) is 119 Å². The average Bonchev–Trinajstić information content (AvgIpc) is 4.11. The van der Waals surface area contributed by atoms with Gasteiger partial charge in [-0.1, -0.05) is 72.8 Å². The molecule has 3 fully saturated rings. The van der Waals surface area contributed by atoms with Crippen LogP contribution in [-0.4, -0.2) is 83.2 Å². The van der Waals surface area contributed by atoms with Crippen molar-refractivity contribution in [3.63, 3.8) is 0 Å². The third-order valence-corrected chi connectivity index (χ3v) is 10.5. The van der Waals surface area contributed by atoms with Gasteiger partial charge in [-0.15, -0.1) is 0 Å². The summed E-state index contributed by atoms with van der Waals surface area (Å²) in [5.41, 5.74) is 3.24. The van der Waals surface area contributed by atoms with Gasteiger partial charge in [-0.05, 0) is 73.1 Å². The smallest absolute Gasteiger partial charge is 0.338 e. The Kier molecular flexibility index (Phi) is 10.6. The number of para-hydroxylation sites is 1. The number of nitrogens with zero attached hydrogens (tertiary/aromatic N) is 1. The zero-order valence-corrected chi connectivity index (χ0v) is 29.4. The predicted molar refractivity (Wildman–Crippen MR) is 194 cm³/mol. The van der Waals surface area contributed by atoms with Crippen LogP contribution < -0.4 is 5.32 Å². The molecule has 3 aliphatic carbocycles. The fourth-order valence-corrected chi connectivity index (χ4v) is 7.45. The van der Waals surface area contributed by atoms with Crippen molar-refractivity contribution in [3.8, 4) is 5.75 Å². The van der Waals surface area contributed by atoms with Gasteiger partial charge in [-0.25, -0.2) is 4.79 Å². The number of amides is 2. The van der Waals surface area contributed by atoms with E-state index >= 15 is 0 Å². The van der Waals surface area contributed by atoms with Crippen LogP contribution in [-0.2, 0) is 36.6 Å². The average molecular weight is 707 g/mol. The number of carbonyl (C=O) groups is 3. The Balaban J connectivity index is 1.12. The van der Waals surface area contributed by atoms with Crippen LogP contribution in [0.15, 0.2) is 96.6 Å². The second-order valence-electron chi connectivity index (χ2n) is 14.3. The van der Waals surface area contributed by atoms with Crippen LogP contribution in [0.25, 0.3) is 6.08 Å². The number of aliphatic hydroxyl groups is 1. The third-order valence-electron chi connectivity index (χ3n) is 10.5. The Bertz CT molecular complexity index is 1820. The number of phenols is 1. The number of phenolic OH excluding ortho intramolecular Hbond substituents is 1. The van der Waals surface area contributed by atoms with E-state index in [1.54, 1.807) is 37.4 Å². The van der Waals surface area contributed by atoms with Crippen LogP contribution in [0.5, 0.6) is 5.75 Å². The fraction of sp³-hybridized carbons (Fsp3) is 0.405. The number of aromatic hydroxyl groups is 1. The summed E-state index contributed by atoms with van der Waals surface area (Å²) in [6, 6.07) is 22.9. The Hall–Kier alpha value is -4.77. The Morgan fingerprint density at radius 1 is 0.981 bits per heavy atom. The van der Waals surface area contributed by atoms with Crippen molar-refractivity contribution >= 4 is 23.9 Å². The molecular weight excluding hydrogens is 660 g/mol. The zero-order valence-electron chi connectivity index (χ0n) is 29.4. The van der Waals surface area contributed by atoms with Crippen LogP contribution in [0, 0.1) is 11.8 Å². The lowest BCUT2D eigenvalue weighted by Gasteiger charge is -2.33. The van der Waals surface area contributed by atoms with Crippen molar-refractivity contribution in [2.75, 3.05) is 20.2 Å². The van der Waals surface area contributed by atoms with Gasteiger partial charge in [0.15, 0.2) is 5.79 Å². The number of fused-ring (bicyclic) bond motifs is 1. The number of allylic oxidation sites excluding steroid dienone is 1. The molecule has 3 aromatic carbocycles. The van der Waals surface area contributed by atoms with Gasteiger partial charge in [-0.2, -0.15) is 0 Å². The summed E-state index contributed by atoms with van der Waals surface area (Å²) in [4.78, 5) is 42.9. The van der Waals surface area contributed by atoms with Gasteiger partial charge in [0, 0.05) is 43.8 Å². The SMILES string of the molecule is CN(C(=O)C1=CC2OC(C3CC3)(C3CC3)OC2C(OC(=O)c2cccc(C=CCc3ccccc3O)c2)C1)C(Cc1ccccc1)C(=O)NCCO. The lowest BCUT2D eigenvalue weighted by Crippen LogP contribution is -2.51. The van der Waals surface area contributed by atoms with E-state index in [2.05, 4.69) is 5.32 Å². The molecule has 0 bridgehead atoms. The van der Waals surface area contributed by atoms with Gasteiger partial charge in [0.2, 0.25) is 11.8 Å². The van der Waals surface area contributed by atoms with Crippen LogP contribution in [0.4, 0.5) is 0 Å². The van der Waals surface area contributed by atoms with E-state index in [4.69, 9.17) is 14.2 Å². The van der Waals surface area contributed by atoms with Crippen molar-refractivity contribution in [1.82, 2.24) is 10.2 Å². The molecule has 2 saturated carbocycles. The highest BCUT2D eigenvalue weighted by Gasteiger charge is 2.64. The third kappa shape index (κ3) is 7.84. The molecular formula is C42H46N2O8. The number of carbonyl (C=O) groups excluding carboxylic acids is 3. The van der Waals surface area contributed by atoms with E-state index in [0.717, 1.165) is 42.4 Å². The molecule has 0 aromatic heterocycles. The number of hydrogen-bond acceptors (Lipinski definition) is 8. The summed E-state index contributed by atoms with van der Waals surface area (Å²) in [7, 11) is 1.60. The van der Waals surface area contributed by atoms with E-state index < -0.39 is 36.1 Å². The fourth-order valence-electron chi connectivity index (χ4n) is 7.45. The molecule has 2 amide bonds. The van der Waals surface area contributed by atoms with Crippen LogP contribution in [0.3, 0.4) is 0 Å². The molecule has 10 nitrogen and oxygen atoms in total. The molecule has 4 atom stereocenters. The van der Waals surface area contributed by atoms with E-state index in [0.29, 0.717) is 17.6 Å². The standard InChI is InChI=1S/C42H46N2O8/c1-44(34(39(47)43-21-22-45)24-28-9-3-2-4-10-28)40(48)31-25-36(38-37(26-31)51-42(52-38,32-17-18-32)33-19-20-33)50-41(49)30-15-8-12-27(23-30)11-7-14-29-13-5-6-16-35(29)46/h2-13,15-16,23,26,32-34,36-38,45-46H,14,17-22,24-25H2,1H3,(H,43,47). The first kappa shape index (κ1) is 35.6. The minimum atomic E-state index is -0.847. The topological polar surface area (TPSA) is 135 Å². The number of esters is 1. The van der Waals surface area contributed by atoms with Gasteiger partial charge in [0.25, 0.3) is 0 Å². The second kappa shape index (κ2) is 15.5. The molecule has 272 valence electrons. The first-order valence-corrected chi connectivity index (χ1v) is 18.3. The van der Waals surface area contributed by atoms with Crippen molar-refractivity contribution in [2.45, 2.75) is 75.1 Å². The molecule has 0 radical (unpaired) electrons. The van der Waals surface area contributed by atoms with Crippen molar-refractivity contribution in [1.29, 1.82) is 0 Å². The van der Waals surface area contributed by atoms with Gasteiger partial charge >= 0.3 is 5.97 Å². The molecule has 4 aliphatic rings. The summed E-state index contributed by atoms with van der Waals surface area (Å²) in [5, 5.41) is 22.2. The minimum Gasteiger partial charge on any atom is -0.508 e. The van der Waals surface area contributed by atoms with Crippen LogP contribution >= 0.6 is 0 Å². The van der Waals surface area contributed by atoms with E-state index in [1.807, 2.05) is 66.8 Å². The monoisotopic (exact) mass is 706 g/mol. The van der Waals surface area contributed by atoms with Gasteiger partial charge < -0.3 is 34.6 Å². The van der Waals surface area contributed by atoms with Crippen LogP contribution in [0.2, 0.25) is 0 Å². The molecule has 0 spiro atoms. The van der Waals surface area contributed by atoms with Crippen molar-refractivity contribution < 1.29 is 38.8 Å². The second-order valence-corrected chi connectivity index (χ2v) is 14.3. The highest BCUT2D eigenvalue weighted by Crippen LogP contribution is 2.59. The highest BCUT2D eigenvalue weighted by atomic mass is 16.8. The molecule has 4 unspecified atom stereocenters. The molecule has 3 N–H and O–H groups in total. The minimum absolute atomic E-state index is 0.0693. The molecule has 10 heteroatoms. The number of ether oxygens (including phenoxy) is 3. The van der Waals surface area contributed by atoms with Crippen LogP contribution in [0.1, 0.15) is 59.2 Å². The summed E-state index contributed by atoms with van der Waals surface area (Å²) in [6.07, 6.45) is 8.58. The van der Waals surface area contributed by atoms with E-state index in [1.165, 1.54) is 4.90 Å². The molecule has 1 aliphatic heterocycles. The summed E-state index contributed by atoms with van der Waals surface area (Å²) >= 11 is 0. The summed E-state index contributed by atoms with van der Waals surface area (Å²) < 4.78 is 19.8. The number of rotatable bonds is 14. The van der Waals surface area contributed by atoms with E-state index in [-0.39, 0.29) is 55.4 Å². The maximum atomic E-state index is 14.3. The highest BCUT2D eigenvalue weighted by molar-refractivity contribution is 5.97. The number of hydrogen-bond donors (Lipinski definition) is 3. The molecule has 3 aromatic rings. The maximum Gasteiger partial charge on any atom is 0.338 e. The number of aliphatic hydroxyl groups excluding tert-OH is 1. The zero-order chi connectivity index (χ0) is 36.2. The Labute approximate surface area is 304 Å². The first-order valence-electron chi connectivity index (χ1n) is 18.3. The summed E-state index contributed by atoms with van der Waals surface area (Å²) in [5.74, 6) is -1.26. The van der Waals surface area contributed by atoms with Gasteiger partial charge in [0.05, 0.1) is 12.2 Å². The quantitative estimate of drug-likeness (QED) is 0.200. The van der Waals surface area contributed by atoms with Gasteiger partial charge in [-0.3, -0.25) is 9.59 Å². The van der Waals surface area contributed by atoms with E-state index in [9.17, 15) is 24.6 Å². The molecule has 52 heavy (non-hydrogen) atoms. The largest absolute Gasteiger partial charge is 0.508 e. The number of benzene rings is 3. The lowest BCUT2D eigenvalue weighted by molar-refractivity contribution is -0.209. The maximum absolute atomic E-state index is 14.3. The number of likely N-dealkylation sites (N-methyl/N-ethyl adjacent to an activating group) is 1.